The minimum atomic E-state index is 0.479. The van der Waals surface area contributed by atoms with Gasteiger partial charge in [0.2, 0.25) is 0 Å². The summed E-state index contributed by atoms with van der Waals surface area (Å²) in [7, 11) is 0. The lowest BCUT2D eigenvalue weighted by Gasteiger charge is -2.36. The van der Waals surface area contributed by atoms with Crippen LogP contribution in [0, 0.1) is 0 Å². The van der Waals surface area contributed by atoms with Crippen molar-refractivity contribution in [3.8, 4) is 0 Å². The van der Waals surface area contributed by atoms with Crippen molar-refractivity contribution in [2.45, 2.75) is 19.4 Å². The van der Waals surface area contributed by atoms with E-state index in [1.807, 2.05) is 12.1 Å². The summed E-state index contributed by atoms with van der Waals surface area (Å²) in [6, 6.07) is 8.71. The van der Waals surface area contributed by atoms with Gasteiger partial charge in [-0.1, -0.05) is 30.7 Å². The van der Waals surface area contributed by atoms with Crippen LogP contribution in [0.25, 0.3) is 0 Å². The van der Waals surface area contributed by atoms with Crippen LogP contribution in [0.3, 0.4) is 0 Å². The van der Waals surface area contributed by atoms with E-state index in [1.165, 1.54) is 18.5 Å². The van der Waals surface area contributed by atoms with E-state index < -0.39 is 0 Å². The fourth-order valence-electron chi connectivity index (χ4n) is 2.34. The number of nitrogens with zero attached hydrogens (tertiary/aromatic N) is 1. The predicted octanol–water partition coefficient (Wildman–Crippen LogP) is 2.70. The van der Waals surface area contributed by atoms with Crippen LogP contribution in [-0.4, -0.2) is 31.1 Å². The van der Waals surface area contributed by atoms with Crippen molar-refractivity contribution in [2.75, 3.05) is 26.2 Å². The van der Waals surface area contributed by atoms with Crippen molar-refractivity contribution in [1.82, 2.24) is 10.2 Å². The van der Waals surface area contributed by atoms with E-state index >= 15 is 0 Å². The second kappa shape index (κ2) is 5.67. The van der Waals surface area contributed by atoms with Gasteiger partial charge >= 0.3 is 0 Å². The van der Waals surface area contributed by atoms with Crippen LogP contribution in [0.4, 0.5) is 0 Å². The molecule has 1 aromatic carbocycles. The van der Waals surface area contributed by atoms with E-state index in [0.717, 1.165) is 24.7 Å². The van der Waals surface area contributed by atoms with Gasteiger partial charge in [0.25, 0.3) is 0 Å². The second-order valence-electron chi connectivity index (χ2n) is 4.31. The SMILES string of the molecule is CCCN1CCNCC1c1cccc(Cl)c1. The Hall–Kier alpha value is -0.570. The molecule has 1 aliphatic rings. The van der Waals surface area contributed by atoms with Gasteiger partial charge in [-0.2, -0.15) is 0 Å². The molecule has 1 unspecified atom stereocenters. The maximum atomic E-state index is 6.05. The third-order valence-electron chi connectivity index (χ3n) is 3.10. The number of rotatable bonds is 3. The molecular weight excluding hydrogens is 220 g/mol. The van der Waals surface area contributed by atoms with Crippen molar-refractivity contribution in [1.29, 1.82) is 0 Å². The van der Waals surface area contributed by atoms with Crippen molar-refractivity contribution in [3.63, 3.8) is 0 Å². The van der Waals surface area contributed by atoms with Crippen LogP contribution in [0.1, 0.15) is 24.9 Å². The van der Waals surface area contributed by atoms with Gasteiger partial charge in [-0.25, -0.2) is 0 Å². The van der Waals surface area contributed by atoms with Gasteiger partial charge in [-0.05, 0) is 30.7 Å². The van der Waals surface area contributed by atoms with E-state index in [4.69, 9.17) is 11.6 Å². The highest BCUT2D eigenvalue weighted by Crippen LogP contribution is 2.24. The molecule has 0 aliphatic carbocycles. The molecule has 1 atom stereocenters. The maximum absolute atomic E-state index is 6.05. The van der Waals surface area contributed by atoms with Crippen LogP contribution in [-0.2, 0) is 0 Å². The Labute approximate surface area is 103 Å². The molecule has 2 nitrogen and oxygen atoms in total. The van der Waals surface area contributed by atoms with E-state index in [9.17, 15) is 0 Å². The molecule has 1 N–H and O–H groups in total. The first kappa shape index (κ1) is 11.9. The average molecular weight is 239 g/mol. The molecule has 0 bridgehead atoms. The zero-order valence-electron chi connectivity index (χ0n) is 9.75. The standard InChI is InChI=1S/C13H19ClN2/c1-2-7-16-8-6-15-10-13(16)11-4-3-5-12(14)9-11/h3-5,9,13,15H,2,6-8,10H2,1H3. The highest BCUT2D eigenvalue weighted by Gasteiger charge is 2.22. The lowest BCUT2D eigenvalue weighted by molar-refractivity contribution is 0.162. The summed E-state index contributed by atoms with van der Waals surface area (Å²) in [5.41, 5.74) is 1.33. The van der Waals surface area contributed by atoms with Gasteiger partial charge in [0.05, 0.1) is 0 Å². The van der Waals surface area contributed by atoms with Gasteiger partial charge in [-0.3, -0.25) is 4.90 Å². The van der Waals surface area contributed by atoms with E-state index in [1.54, 1.807) is 0 Å². The maximum Gasteiger partial charge on any atom is 0.0473 e. The van der Waals surface area contributed by atoms with Crippen molar-refractivity contribution in [3.05, 3.63) is 34.9 Å². The third kappa shape index (κ3) is 2.76. The molecule has 16 heavy (non-hydrogen) atoms. The fourth-order valence-corrected chi connectivity index (χ4v) is 2.54. The first-order valence-electron chi connectivity index (χ1n) is 6.01. The molecule has 0 radical (unpaired) electrons. The van der Waals surface area contributed by atoms with E-state index in [0.29, 0.717) is 6.04 Å². The normalized spacial score (nSPS) is 22.2. The second-order valence-corrected chi connectivity index (χ2v) is 4.75. The Balaban J connectivity index is 2.16. The fraction of sp³-hybridized carbons (Fsp3) is 0.538. The van der Waals surface area contributed by atoms with Gasteiger partial charge in [0, 0.05) is 30.7 Å². The number of piperazine rings is 1. The molecule has 1 aliphatic heterocycles. The zero-order chi connectivity index (χ0) is 11.4. The smallest absolute Gasteiger partial charge is 0.0473 e. The molecule has 0 amide bonds. The van der Waals surface area contributed by atoms with E-state index in [2.05, 4.69) is 29.3 Å². The largest absolute Gasteiger partial charge is 0.314 e. The quantitative estimate of drug-likeness (QED) is 0.871. The number of hydrogen-bond donors (Lipinski definition) is 1. The molecular formula is C13H19ClN2. The van der Waals surface area contributed by atoms with Crippen LogP contribution in [0.15, 0.2) is 24.3 Å². The molecule has 3 heteroatoms. The Morgan fingerprint density at radius 2 is 2.38 bits per heavy atom. The van der Waals surface area contributed by atoms with Crippen molar-refractivity contribution < 1.29 is 0 Å². The molecule has 88 valence electrons. The summed E-state index contributed by atoms with van der Waals surface area (Å²) in [4.78, 5) is 2.54. The van der Waals surface area contributed by atoms with Crippen molar-refractivity contribution in [2.24, 2.45) is 0 Å². The van der Waals surface area contributed by atoms with Gasteiger partial charge < -0.3 is 5.32 Å². The monoisotopic (exact) mass is 238 g/mol. The molecule has 1 aromatic rings. The highest BCUT2D eigenvalue weighted by atomic mass is 35.5. The molecule has 1 saturated heterocycles. The average Bonchev–Trinajstić information content (AvgIpc) is 2.30. The summed E-state index contributed by atoms with van der Waals surface area (Å²) in [6.07, 6.45) is 1.21. The highest BCUT2D eigenvalue weighted by molar-refractivity contribution is 6.30. The van der Waals surface area contributed by atoms with Gasteiger partial charge in [-0.15, -0.1) is 0 Å². The Bertz CT molecular complexity index is 338. The van der Waals surface area contributed by atoms with Crippen molar-refractivity contribution >= 4 is 11.6 Å². The summed E-state index contributed by atoms with van der Waals surface area (Å²) in [5.74, 6) is 0. The molecule has 0 saturated carbocycles. The first-order chi connectivity index (χ1) is 7.81. The summed E-state index contributed by atoms with van der Waals surface area (Å²) < 4.78 is 0. The number of benzene rings is 1. The van der Waals surface area contributed by atoms with Gasteiger partial charge in [0.1, 0.15) is 0 Å². The van der Waals surface area contributed by atoms with Gasteiger partial charge in [0.15, 0.2) is 0 Å². The van der Waals surface area contributed by atoms with Crippen LogP contribution in [0.5, 0.6) is 0 Å². The lowest BCUT2D eigenvalue weighted by atomic mass is 10.0. The number of hydrogen-bond acceptors (Lipinski definition) is 2. The minimum absolute atomic E-state index is 0.479. The third-order valence-corrected chi connectivity index (χ3v) is 3.33. The van der Waals surface area contributed by atoms with Crippen LogP contribution in [0.2, 0.25) is 5.02 Å². The lowest BCUT2D eigenvalue weighted by Crippen LogP contribution is -2.46. The number of halogens is 1. The number of nitrogens with one attached hydrogen (secondary N) is 1. The zero-order valence-corrected chi connectivity index (χ0v) is 10.5. The summed E-state index contributed by atoms with van der Waals surface area (Å²) in [6.45, 7) is 6.65. The molecule has 0 aromatic heterocycles. The summed E-state index contributed by atoms with van der Waals surface area (Å²) in [5, 5.41) is 4.29. The summed E-state index contributed by atoms with van der Waals surface area (Å²) >= 11 is 6.05. The van der Waals surface area contributed by atoms with Crippen LogP contribution >= 0.6 is 11.6 Å². The predicted molar refractivity (Wildman–Crippen MR) is 68.9 cm³/mol. The Kier molecular flexibility index (Phi) is 4.22. The molecule has 1 heterocycles. The Morgan fingerprint density at radius 1 is 1.50 bits per heavy atom. The topological polar surface area (TPSA) is 15.3 Å². The minimum Gasteiger partial charge on any atom is -0.314 e. The first-order valence-corrected chi connectivity index (χ1v) is 6.39. The van der Waals surface area contributed by atoms with E-state index in [-0.39, 0.29) is 0 Å². The van der Waals surface area contributed by atoms with Crippen LogP contribution < -0.4 is 5.32 Å². The molecule has 2 rings (SSSR count). The molecule has 0 spiro atoms. The Morgan fingerprint density at radius 3 is 3.12 bits per heavy atom. The molecule has 1 fully saturated rings.